The quantitative estimate of drug-likeness (QED) is 0.927. The predicted octanol–water partition coefficient (Wildman–Crippen LogP) is 2.70. The summed E-state index contributed by atoms with van der Waals surface area (Å²) < 4.78 is 11.3. The zero-order valence-corrected chi connectivity index (χ0v) is 11.5. The fraction of sp³-hybridized carbons (Fsp3) is 0.312. The van der Waals surface area contributed by atoms with Gasteiger partial charge in [0, 0.05) is 30.5 Å². The average Bonchev–Trinajstić information content (AvgIpc) is 2.53. The van der Waals surface area contributed by atoms with Gasteiger partial charge in [-0.2, -0.15) is 0 Å². The van der Waals surface area contributed by atoms with E-state index in [2.05, 4.69) is 23.3 Å². The highest BCUT2D eigenvalue weighted by molar-refractivity contribution is 5.47. The first kappa shape index (κ1) is 12.9. The Morgan fingerprint density at radius 2 is 1.95 bits per heavy atom. The third-order valence-corrected chi connectivity index (χ3v) is 3.45. The number of rotatable bonds is 4. The van der Waals surface area contributed by atoms with Gasteiger partial charge in [-0.05, 0) is 30.7 Å². The van der Waals surface area contributed by atoms with Crippen LogP contribution in [0, 0.1) is 0 Å². The summed E-state index contributed by atoms with van der Waals surface area (Å²) in [5.74, 6) is 1.71. The predicted molar refractivity (Wildman–Crippen MR) is 76.9 cm³/mol. The fourth-order valence-electron chi connectivity index (χ4n) is 2.31. The number of fused-ring (bicyclic) bond motifs is 1. The summed E-state index contributed by atoms with van der Waals surface area (Å²) in [6.45, 7) is 4.12. The molecule has 20 heavy (non-hydrogen) atoms. The van der Waals surface area contributed by atoms with Gasteiger partial charge >= 0.3 is 0 Å². The molecule has 104 valence electrons. The van der Waals surface area contributed by atoms with Crippen molar-refractivity contribution < 1.29 is 9.47 Å². The molecule has 0 bridgehead atoms. The molecule has 3 rings (SSSR count). The first-order valence-corrected chi connectivity index (χ1v) is 6.85. The van der Waals surface area contributed by atoms with E-state index in [0.717, 1.165) is 23.6 Å². The molecule has 1 N–H and O–H groups in total. The number of aromatic nitrogens is 1. The molecule has 0 amide bonds. The number of hydrogen-bond acceptors (Lipinski definition) is 4. The smallest absolute Gasteiger partial charge is 0.165 e. The first-order chi connectivity index (χ1) is 9.84. The Morgan fingerprint density at radius 1 is 1.15 bits per heavy atom. The molecule has 2 aromatic rings. The van der Waals surface area contributed by atoms with Crippen LogP contribution in [-0.4, -0.2) is 18.2 Å². The van der Waals surface area contributed by atoms with Gasteiger partial charge in [0.1, 0.15) is 13.2 Å². The van der Waals surface area contributed by atoms with Gasteiger partial charge in [-0.1, -0.05) is 12.1 Å². The summed E-state index contributed by atoms with van der Waals surface area (Å²) in [5, 5.41) is 3.50. The number of pyridine rings is 1. The lowest BCUT2D eigenvalue weighted by atomic mass is 10.1. The summed E-state index contributed by atoms with van der Waals surface area (Å²) in [4.78, 5) is 4.04. The Bertz CT molecular complexity index is 572. The molecule has 1 atom stereocenters. The van der Waals surface area contributed by atoms with Crippen LogP contribution in [0.15, 0.2) is 42.7 Å². The highest BCUT2D eigenvalue weighted by Gasteiger charge is 2.15. The maximum absolute atomic E-state index is 5.72. The van der Waals surface area contributed by atoms with Gasteiger partial charge in [0.15, 0.2) is 11.5 Å². The summed E-state index contributed by atoms with van der Waals surface area (Å²) >= 11 is 0. The molecular weight excluding hydrogens is 252 g/mol. The zero-order valence-electron chi connectivity index (χ0n) is 11.5. The topological polar surface area (TPSA) is 43.4 Å². The third-order valence-electron chi connectivity index (χ3n) is 3.45. The van der Waals surface area contributed by atoms with Crippen molar-refractivity contribution in [3.05, 3.63) is 53.9 Å². The molecule has 2 heterocycles. The fourth-order valence-corrected chi connectivity index (χ4v) is 2.31. The number of nitrogens with zero attached hydrogens (tertiary/aromatic N) is 1. The Balaban J connectivity index is 1.70. The van der Waals surface area contributed by atoms with Gasteiger partial charge in [0.2, 0.25) is 0 Å². The van der Waals surface area contributed by atoms with E-state index in [1.807, 2.05) is 36.7 Å². The standard InChI is InChI=1S/C16H18N2O2/c1-12(13-5-7-17-8-6-13)18-11-14-3-2-4-15-16(14)20-10-9-19-15/h2-8,12,18H,9-11H2,1H3. The third kappa shape index (κ3) is 2.75. The largest absolute Gasteiger partial charge is 0.486 e. The second kappa shape index (κ2) is 5.92. The number of hydrogen-bond donors (Lipinski definition) is 1. The molecule has 4 nitrogen and oxygen atoms in total. The average molecular weight is 270 g/mol. The van der Waals surface area contributed by atoms with E-state index in [-0.39, 0.29) is 6.04 Å². The van der Waals surface area contributed by atoms with Crippen molar-refractivity contribution in [2.24, 2.45) is 0 Å². The lowest BCUT2D eigenvalue weighted by Gasteiger charge is -2.22. The molecule has 4 heteroatoms. The molecule has 1 aromatic heterocycles. The van der Waals surface area contributed by atoms with Gasteiger partial charge < -0.3 is 14.8 Å². The minimum absolute atomic E-state index is 0.262. The number of nitrogens with one attached hydrogen (secondary N) is 1. The molecule has 0 aliphatic carbocycles. The van der Waals surface area contributed by atoms with E-state index in [1.54, 1.807) is 0 Å². The normalized spacial score (nSPS) is 14.8. The van der Waals surface area contributed by atoms with Gasteiger partial charge in [-0.25, -0.2) is 0 Å². The van der Waals surface area contributed by atoms with Crippen molar-refractivity contribution in [1.29, 1.82) is 0 Å². The van der Waals surface area contributed by atoms with Crippen molar-refractivity contribution in [3.8, 4) is 11.5 Å². The van der Waals surface area contributed by atoms with Gasteiger partial charge in [0.25, 0.3) is 0 Å². The molecule has 1 aliphatic rings. The van der Waals surface area contributed by atoms with E-state index in [9.17, 15) is 0 Å². The summed E-state index contributed by atoms with van der Waals surface area (Å²) in [6, 6.07) is 10.3. The number of benzene rings is 1. The lowest BCUT2D eigenvalue weighted by molar-refractivity contribution is 0.169. The van der Waals surface area contributed by atoms with Crippen LogP contribution >= 0.6 is 0 Å². The minimum atomic E-state index is 0.262. The van der Waals surface area contributed by atoms with Gasteiger partial charge in [-0.15, -0.1) is 0 Å². The lowest BCUT2D eigenvalue weighted by Crippen LogP contribution is -2.21. The van der Waals surface area contributed by atoms with E-state index in [4.69, 9.17) is 9.47 Å². The summed E-state index contributed by atoms with van der Waals surface area (Å²) in [7, 11) is 0. The van der Waals surface area contributed by atoms with Crippen LogP contribution in [0.1, 0.15) is 24.1 Å². The van der Waals surface area contributed by atoms with E-state index < -0.39 is 0 Å². The molecule has 1 unspecified atom stereocenters. The molecular formula is C16H18N2O2. The highest BCUT2D eigenvalue weighted by Crippen LogP contribution is 2.33. The molecule has 0 fully saturated rings. The van der Waals surface area contributed by atoms with E-state index in [1.165, 1.54) is 5.56 Å². The van der Waals surface area contributed by atoms with Crippen LogP contribution in [0.2, 0.25) is 0 Å². The van der Waals surface area contributed by atoms with Crippen LogP contribution in [-0.2, 0) is 6.54 Å². The van der Waals surface area contributed by atoms with E-state index in [0.29, 0.717) is 13.2 Å². The molecule has 0 radical (unpaired) electrons. The monoisotopic (exact) mass is 270 g/mol. The van der Waals surface area contributed by atoms with Crippen LogP contribution in [0.3, 0.4) is 0 Å². The van der Waals surface area contributed by atoms with Crippen molar-refractivity contribution in [2.45, 2.75) is 19.5 Å². The Kier molecular flexibility index (Phi) is 3.83. The number of para-hydroxylation sites is 1. The Labute approximate surface area is 118 Å². The summed E-state index contributed by atoms with van der Waals surface area (Å²) in [5.41, 5.74) is 2.35. The van der Waals surface area contributed by atoms with Crippen molar-refractivity contribution in [1.82, 2.24) is 10.3 Å². The van der Waals surface area contributed by atoms with Crippen LogP contribution in [0.4, 0.5) is 0 Å². The van der Waals surface area contributed by atoms with Crippen molar-refractivity contribution in [2.75, 3.05) is 13.2 Å². The summed E-state index contributed by atoms with van der Waals surface area (Å²) in [6.07, 6.45) is 3.63. The molecule has 0 spiro atoms. The molecule has 1 aliphatic heterocycles. The number of ether oxygens (including phenoxy) is 2. The highest BCUT2D eigenvalue weighted by atomic mass is 16.6. The second-order valence-corrected chi connectivity index (χ2v) is 4.82. The SMILES string of the molecule is CC(NCc1cccc2c1OCCO2)c1ccncc1. The Morgan fingerprint density at radius 3 is 2.80 bits per heavy atom. The van der Waals surface area contributed by atoms with Crippen LogP contribution < -0.4 is 14.8 Å². The Hall–Kier alpha value is -2.07. The second-order valence-electron chi connectivity index (χ2n) is 4.82. The van der Waals surface area contributed by atoms with E-state index >= 15 is 0 Å². The van der Waals surface area contributed by atoms with Gasteiger partial charge in [0.05, 0.1) is 0 Å². The van der Waals surface area contributed by atoms with Crippen LogP contribution in [0.25, 0.3) is 0 Å². The van der Waals surface area contributed by atoms with Crippen molar-refractivity contribution >= 4 is 0 Å². The maximum Gasteiger partial charge on any atom is 0.165 e. The molecule has 0 saturated carbocycles. The van der Waals surface area contributed by atoms with Gasteiger partial charge in [-0.3, -0.25) is 4.98 Å². The molecule has 0 saturated heterocycles. The van der Waals surface area contributed by atoms with Crippen LogP contribution in [0.5, 0.6) is 11.5 Å². The maximum atomic E-state index is 5.72. The first-order valence-electron chi connectivity index (χ1n) is 6.85. The van der Waals surface area contributed by atoms with Crippen molar-refractivity contribution in [3.63, 3.8) is 0 Å². The minimum Gasteiger partial charge on any atom is -0.486 e. The molecule has 1 aromatic carbocycles. The zero-order chi connectivity index (χ0) is 13.8.